The fourth-order valence-electron chi connectivity index (χ4n) is 1.80. The zero-order valence-corrected chi connectivity index (χ0v) is 11.5. The van der Waals surface area contributed by atoms with E-state index in [4.69, 9.17) is 20.5 Å². The molecule has 106 valence electrons. The molecule has 2 aromatic carbocycles. The van der Waals surface area contributed by atoms with Crippen LogP contribution in [0.25, 0.3) is 0 Å². The van der Waals surface area contributed by atoms with Crippen LogP contribution in [0.1, 0.15) is 15.9 Å². The van der Waals surface area contributed by atoms with Gasteiger partial charge in [-0.3, -0.25) is 0 Å². The Morgan fingerprint density at radius 3 is 2.57 bits per heavy atom. The van der Waals surface area contributed by atoms with Gasteiger partial charge in [0.1, 0.15) is 17.1 Å². The Bertz CT molecular complexity index is 688. The number of nitrogen functional groups attached to an aromatic ring is 1. The minimum atomic E-state index is -0.515. The SMILES string of the molecule is COC(=O)c1cc(N)ccc1Oc1ccc(CC#N)cc1. The molecule has 21 heavy (non-hydrogen) atoms. The zero-order valence-electron chi connectivity index (χ0n) is 11.5. The summed E-state index contributed by atoms with van der Waals surface area (Å²) >= 11 is 0. The summed E-state index contributed by atoms with van der Waals surface area (Å²) in [6.45, 7) is 0. The van der Waals surface area contributed by atoms with Crippen LogP contribution in [0.15, 0.2) is 42.5 Å². The lowest BCUT2D eigenvalue weighted by Gasteiger charge is -2.11. The maximum atomic E-state index is 11.7. The molecule has 0 unspecified atom stereocenters. The largest absolute Gasteiger partial charge is 0.465 e. The van der Waals surface area contributed by atoms with Crippen molar-refractivity contribution in [3.05, 3.63) is 53.6 Å². The molecule has 5 heteroatoms. The first-order chi connectivity index (χ1) is 10.1. The Balaban J connectivity index is 2.27. The van der Waals surface area contributed by atoms with E-state index < -0.39 is 5.97 Å². The number of ether oxygens (including phenoxy) is 2. The Morgan fingerprint density at radius 2 is 1.95 bits per heavy atom. The van der Waals surface area contributed by atoms with Crippen LogP contribution in [0.4, 0.5) is 5.69 Å². The minimum absolute atomic E-state index is 0.263. The van der Waals surface area contributed by atoms with E-state index in [0.29, 0.717) is 23.6 Å². The molecule has 5 nitrogen and oxygen atoms in total. The van der Waals surface area contributed by atoms with Gasteiger partial charge in [-0.25, -0.2) is 4.79 Å². The summed E-state index contributed by atoms with van der Waals surface area (Å²) in [5, 5.41) is 8.63. The first-order valence-electron chi connectivity index (χ1n) is 6.25. The zero-order chi connectivity index (χ0) is 15.2. The molecular weight excluding hydrogens is 268 g/mol. The molecule has 0 atom stereocenters. The Kier molecular flexibility index (Phi) is 4.42. The summed E-state index contributed by atoms with van der Waals surface area (Å²) in [7, 11) is 1.30. The average Bonchev–Trinajstić information content (AvgIpc) is 2.50. The highest BCUT2D eigenvalue weighted by Crippen LogP contribution is 2.28. The second-order valence-electron chi connectivity index (χ2n) is 4.33. The van der Waals surface area contributed by atoms with Crippen molar-refractivity contribution in [2.45, 2.75) is 6.42 Å². The molecule has 0 radical (unpaired) electrons. The van der Waals surface area contributed by atoms with Crippen molar-refractivity contribution in [3.8, 4) is 17.6 Å². The normalized spacial score (nSPS) is 9.71. The van der Waals surface area contributed by atoms with Crippen molar-refractivity contribution < 1.29 is 14.3 Å². The number of rotatable bonds is 4. The first-order valence-corrected chi connectivity index (χ1v) is 6.25. The van der Waals surface area contributed by atoms with Crippen molar-refractivity contribution >= 4 is 11.7 Å². The highest BCUT2D eigenvalue weighted by Gasteiger charge is 2.14. The van der Waals surface area contributed by atoms with Gasteiger partial charge in [-0.2, -0.15) is 5.26 Å². The monoisotopic (exact) mass is 282 g/mol. The second-order valence-corrected chi connectivity index (χ2v) is 4.33. The molecule has 0 bridgehead atoms. The van der Waals surface area contributed by atoms with Crippen molar-refractivity contribution in [1.29, 1.82) is 5.26 Å². The fourth-order valence-corrected chi connectivity index (χ4v) is 1.80. The molecule has 0 spiro atoms. The highest BCUT2D eigenvalue weighted by atomic mass is 16.5. The van der Waals surface area contributed by atoms with Crippen molar-refractivity contribution in [2.24, 2.45) is 0 Å². The van der Waals surface area contributed by atoms with Crippen molar-refractivity contribution in [1.82, 2.24) is 0 Å². The van der Waals surface area contributed by atoms with Gasteiger partial charge in [0.15, 0.2) is 0 Å². The van der Waals surface area contributed by atoms with Gasteiger partial charge >= 0.3 is 5.97 Å². The van der Waals surface area contributed by atoms with Crippen LogP contribution in [0.5, 0.6) is 11.5 Å². The summed E-state index contributed by atoms with van der Waals surface area (Å²) in [4.78, 5) is 11.7. The van der Waals surface area contributed by atoms with E-state index >= 15 is 0 Å². The number of methoxy groups -OCH3 is 1. The van der Waals surface area contributed by atoms with Crippen LogP contribution in [0.2, 0.25) is 0 Å². The quantitative estimate of drug-likeness (QED) is 0.688. The number of hydrogen-bond donors (Lipinski definition) is 1. The van der Waals surface area contributed by atoms with Crippen LogP contribution in [-0.4, -0.2) is 13.1 Å². The highest BCUT2D eigenvalue weighted by molar-refractivity contribution is 5.93. The number of nitriles is 1. The number of hydrogen-bond acceptors (Lipinski definition) is 5. The molecule has 0 aliphatic heterocycles. The van der Waals surface area contributed by atoms with Gasteiger partial charge in [-0.1, -0.05) is 12.1 Å². The van der Waals surface area contributed by atoms with Crippen LogP contribution >= 0.6 is 0 Å². The third-order valence-corrected chi connectivity index (χ3v) is 2.84. The maximum Gasteiger partial charge on any atom is 0.341 e. The first kappa shape index (κ1) is 14.4. The minimum Gasteiger partial charge on any atom is -0.465 e. The molecule has 0 saturated carbocycles. The number of carbonyl (C=O) groups is 1. The summed E-state index contributed by atoms with van der Waals surface area (Å²) < 4.78 is 10.4. The second kappa shape index (κ2) is 6.44. The van der Waals surface area contributed by atoms with Crippen LogP contribution in [-0.2, 0) is 11.2 Å². The molecule has 2 aromatic rings. The molecule has 0 aliphatic rings. The summed E-state index contributed by atoms with van der Waals surface area (Å²) in [6.07, 6.45) is 0.343. The Hall–Kier alpha value is -3.00. The molecule has 0 amide bonds. The van der Waals surface area contributed by atoms with Gasteiger partial charge in [0.05, 0.1) is 19.6 Å². The number of nitrogens with zero attached hydrogens (tertiary/aromatic N) is 1. The van der Waals surface area contributed by atoms with E-state index in [-0.39, 0.29) is 5.56 Å². The predicted octanol–water partition coefficient (Wildman–Crippen LogP) is 2.91. The molecule has 2 N–H and O–H groups in total. The molecule has 0 aromatic heterocycles. The summed E-state index contributed by atoms with van der Waals surface area (Å²) in [5.74, 6) is 0.411. The average molecular weight is 282 g/mol. The number of anilines is 1. The van der Waals surface area contributed by atoms with Gasteiger partial charge in [0.2, 0.25) is 0 Å². The van der Waals surface area contributed by atoms with Crippen molar-refractivity contribution in [2.75, 3.05) is 12.8 Å². The van der Waals surface area contributed by atoms with E-state index in [9.17, 15) is 4.79 Å². The van der Waals surface area contributed by atoms with Gasteiger partial charge in [-0.15, -0.1) is 0 Å². The molecule has 0 heterocycles. The molecule has 2 rings (SSSR count). The standard InChI is InChI=1S/C16H14N2O3/c1-20-16(19)14-10-12(18)4-7-15(14)21-13-5-2-11(3-6-13)8-9-17/h2-7,10H,8,18H2,1H3. The molecule has 0 saturated heterocycles. The lowest BCUT2D eigenvalue weighted by atomic mass is 10.1. The third-order valence-electron chi connectivity index (χ3n) is 2.84. The predicted molar refractivity (Wildman–Crippen MR) is 78.0 cm³/mol. The van der Waals surface area contributed by atoms with Crippen LogP contribution < -0.4 is 10.5 Å². The van der Waals surface area contributed by atoms with Gasteiger partial charge < -0.3 is 15.2 Å². The van der Waals surface area contributed by atoms with Gasteiger partial charge in [-0.05, 0) is 35.9 Å². The van der Waals surface area contributed by atoms with E-state index in [1.54, 1.807) is 36.4 Å². The van der Waals surface area contributed by atoms with Gasteiger partial charge in [0, 0.05) is 5.69 Å². The summed E-state index contributed by atoms with van der Waals surface area (Å²) in [6, 6.07) is 13.9. The van der Waals surface area contributed by atoms with Crippen LogP contribution in [0, 0.1) is 11.3 Å². The Morgan fingerprint density at radius 1 is 1.24 bits per heavy atom. The van der Waals surface area contributed by atoms with E-state index in [2.05, 4.69) is 6.07 Å². The Labute approximate surface area is 122 Å². The number of nitrogens with two attached hydrogens (primary N) is 1. The van der Waals surface area contributed by atoms with E-state index in [0.717, 1.165) is 5.56 Å². The lowest BCUT2D eigenvalue weighted by Crippen LogP contribution is -2.04. The number of carbonyl (C=O) groups excluding carboxylic acids is 1. The number of esters is 1. The molecule has 0 fully saturated rings. The molecule has 0 aliphatic carbocycles. The van der Waals surface area contributed by atoms with Crippen molar-refractivity contribution in [3.63, 3.8) is 0 Å². The third kappa shape index (κ3) is 3.51. The van der Waals surface area contributed by atoms with E-state index in [1.165, 1.54) is 13.2 Å². The fraction of sp³-hybridized carbons (Fsp3) is 0.125. The van der Waals surface area contributed by atoms with Crippen LogP contribution in [0.3, 0.4) is 0 Å². The topological polar surface area (TPSA) is 85.3 Å². The summed E-state index contributed by atoms with van der Waals surface area (Å²) in [5.41, 5.74) is 7.28. The number of benzene rings is 2. The maximum absolute atomic E-state index is 11.7. The molecular formula is C16H14N2O3. The van der Waals surface area contributed by atoms with Gasteiger partial charge in [0.25, 0.3) is 0 Å². The van der Waals surface area contributed by atoms with E-state index in [1.807, 2.05) is 0 Å². The lowest BCUT2D eigenvalue weighted by molar-refractivity contribution is 0.0598. The smallest absolute Gasteiger partial charge is 0.341 e.